The molecule has 3 aromatic carbocycles. The summed E-state index contributed by atoms with van der Waals surface area (Å²) in [6.45, 7) is 8.14. The number of carbonyl (C=O) groups excluding carboxylic acids is 1. The van der Waals surface area contributed by atoms with Crippen LogP contribution in [-0.4, -0.2) is 33.1 Å². The number of fused-ring (bicyclic) bond motifs is 1. The molecular formula is C35H38ClFN2O4. The maximum atomic E-state index is 14.0. The van der Waals surface area contributed by atoms with Gasteiger partial charge in [0.15, 0.2) is 6.23 Å². The molecule has 1 aliphatic heterocycles. The van der Waals surface area contributed by atoms with Crippen LogP contribution < -0.4 is 0 Å². The fraction of sp³-hybridized carbons (Fsp3) is 0.371. The van der Waals surface area contributed by atoms with Crippen LogP contribution in [0, 0.1) is 5.82 Å². The lowest BCUT2D eigenvalue weighted by atomic mass is 9.71. The van der Waals surface area contributed by atoms with Gasteiger partial charge >= 0.3 is 5.97 Å². The van der Waals surface area contributed by atoms with E-state index in [1.807, 2.05) is 74.8 Å². The number of benzene rings is 3. The number of aromatic nitrogens is 2. The third-order valence-electron chi connectivity index (χ3n) is 7.88. The Balaban J connectivity index is 1.57. The largest absolute Gasteiger partial charge is 0.457 e. The maximum absolute atomic E-state index is 14.0. The minimum Gasteiger partial charge on any atom is -0.457 e. The van der Waals surface area contributed by atoms with Crippen LogP contribution in [0.3, 0.4) is 0 Å². The lowest BCUT2D eigenvalue weighted by Gasteiger charge is -2.38. The summed E-state index contributed by atoms with van der Waals surface area (Å²) in [6.07, 6.45) is 8.32. The Bertz CT molecular complexity index is 1620. The Morgan fingerprint density at radius 3 is 2.53 bits per heavy atom. The quantitative estimate of drug-likeness (QED) is 0.162. The highest BCUT2D eigenvalue weighted by atomic mass is 35.5. The van der Waals surface area contributed by atoms with Crippen LogP contribution in [0.25, 0.3) is 17.0 Å². The van der Waals surface area contributed by atoms with Gasteiger partial charge in [-0.2, -0.15) is 5.10 Å². The average Bonchev–Trinajstić information content (AvgIpc) is 3.41. The van der Waals surface area contributed by atoms with E-state index in [0.29, 0.717) is 29.7 Å². The number of esters is 1. The van der Waals surface area contributed by atoms with Gasteiger partial charge in [0.2, 0.25) is 0 Å². The summed E-state index contributed by atoms with van der Waals surface area (Å²) in [5, 5.41) is 18.6. The van der Waals surface area contributed by atoms with E-state index < -0.39 is 28.9 Å². The number of carbonyl (C=O) groups is 1. The number of nitrogens with zero attached hydrogens (tertiary/aromatic N) is 2. The third kappa shape index (κ3) is 6.69. The second-order valence-corrected chi connectivity index (χ2v) is 12.5. The fourth-order valence-electron chi connectivity index (χ4n) is 5.88. The highest BCUT2D eigenvalue weighted by molar-refractivity contribution is 6.31. The summed E-state index contributed by atoms with van der Waals surface area (Å²) in [4.78, 5) is 12.2. The minimum absolute atomic E-state index is 0.112. The summed E-state index contributed by atoms with van der Waals surface area (Å²) < 4.78 is 27.3. The van der Waals surface area contributed by atoms with E-state index in [0.717, 1.165) is 35.7 Å². The van der Waals surface area contributed by atoms with Crippen LogP contribution >= 0.6 is 11.6 Å². The molecule has 226 valence electrons. The van der Waals surface area contributed by atoms with E-state index in [1.165, 1.54) is 18.2 Å². The van der Waals surface area contributed by atoms with E-state index in [2.05, 4.69) is 5.10 Å². The first-order valence-corrected chi connectivity index (χ1v) is 15.2. The number of hydrogen-bond donors (Lipinski definition) is 1. The topological polar surface area (TPSA) is 73.6 Å². The first kappa shape index (κ1) is 30.9. The zero-order chi connectivity index (χ0) is 30.8. The molecule has 0 aliphatic carbocycles. The first-order valence-electron chi connectivity index (χ1n) is 14.8. The van der Waals surface area contributed by atoms with Crippen LogP contribution in [0.15, 0.2) is 72.9 Å². The zero-order valence-corrected chi connectivity index (χ0v) is 25.8. The molecule has 0 radical (unpaired) electrons. The van der Waals surface area contributed by atoms with Crippen LogP contribution in [0.1, 0.15) is 87.8 Å². The van der Waals surface area contributed by atoms with Gasteiger partial charge < -0.3 is 14.6 Å². The van der Waals surface area contributed by atoms with Crippen molar-refractivity contribution in [1.29, 1.82) is 0 Å². The van der Waals surface area contributed by atoms with Gasteiger partial charge in [-0.05, 0) is 99.0 Å². The molecule has 3 unspecified atom stereocenters. The predicted octanol–water partition coefficient (Wildman–Crippen LogP) is 8.31. The van der Waals surface area contributed by atoms with Gasteiger partial charge in [-0.1, -0.05) is 54.9 Å². The Hall–Kier alpha value is -3.52. The minimum atomic E-state index is -1.53. The van der Waals surface area contributed by atoms with E-state index >= 15 is 0 Å². The summed E-state index contributed by atoms with van der Waals surface area (Å²) in [6, 6.07) is 17.5. The third-order valence-corrected chi connectivity index (χ3v) is 8.21. The zero-order valence-electron chi connectivity index (χ0n) is 25.0. The molecular weight excluding hydrogens is 567 g/mol. The monoisotopic (exact) mass is 604 g/mol. The Morgan fingerprint density at radius 1 is 1.14 bits per heavy atom. The molecule has 2 heterocycles. The van der Waals surface area contributed by atoms with Crippen molar-refractivity contribution in [2.45, 2.75) is 76.7 Å². The van der Waals surface area contributed by atoms with Crippen LogP contribution in [0.2, 0.25) is 5.02 Å². The van der Waals surface area contributed by atoms with Gasteiger partial charge in [-0.15, -0.1) is 0 Å². The molecule has 43 heavy (non-hydrogen) atoms. The molecule has 6 nitrogen and oxygen atoms in total. The van der Waals surface area contributed by atoms with E-state index in [1.54, 1.807) is 18.3 Å². The summed E-state index contributed by atoms with van der Waals surface area (Å²) in [5.41, 5.74) is 1.53. The van der Waals surface area contributed by atoms with Crippen molar-refractivity contribution in [3.05, 3.63) is 106 Å². The standard InChI is InChI=1S/C35H38ClFN2O4/c1-5-29(28-16-15-27(37)21-30(28)36)35(41,25-12-9-23(10-13-25)11-18-33(40)43-34(2,3)4)26-14-17-31-24(20-26)22-38-39(31)32-8-6-7-19-42-32/h9-18,20-22,29,32,41H,5-8,19H2,1-4H3/b18-11+. The molecule has 8 heteroatoms. The van der Waals surface area contributed by atoms with Gasteiger partial charge in [-0.3, -0.25) is 0 Å². The normalized spacial score (nSPS) is 18.1. The Morgan fingerprint density at radius 2 is 1.88 bits per heavy atom. The average molecular weight is 605 g/mol. The molecule has 1 aromatic heterocycles. The summed E-state index contributed by atoms with van der Waals surface area (Å²) >= 11 is 6.58. The molecule has 4 aromatic rings. The molecule has 0 saturated carbocycles. The summed E-state index contributed by atoms with van der Waals surface area (Å²) in [7, 11) is 0. The second-order valence-electron chi connectivity index (χ2n) is 12.1. The highest BCUT2D eigenvalue weighted by Crippen LogP contribution is 2.47. The smallest absolute Gasteiger partial charge is 0.331 e. The Kier molecular flexibility index (Phi) is 9.07. The second kappa shape index (κ2) is 12.6. The molecule has 1 fully saturated rings. The van der Waals surface area contributed by atoms with Gasteiger partial charge in [0, 0.05) is 29.0 Å². The van der Waals surface area contributed by atoms with Gasteiger partial charge in [0.1, 0.15) is 17.0 Å². The van der Waals surface area contributed by atoms with E-state index in [9.17, 15) is 14.3 Å². The highest BCUT2D eigenvalue weighted by Gasteiger charge is 2.41. The Labute approximate surface area is 257 Å². The maximum Gasteiger partial charge on any atom is 0.331 e. The van der Waals surface area contributed by atoms with Crippen molar-refractivity contribution in [3.63, 3.8) is 0 Å². The number of hydrogen-bond acceptors (Lipinski definition) is 5. The lowest BCUT2D eigenvalue weighted by Crippen LogP contribution is -2.35. The van der Waals surface area contributed by atoms with E-state index in [-0.39, 0.29) is 11.3 Å². The first-order chi connectivity index (χ1) is 20.5. The molecule has 3 atom stereocenters. The molecule has 5 rings (SSSR count). The van der Waals surface area contributed by atoms with E-state index in [4.69, 9.17) is 21.1 Å². The van der Waals surface area contributed by atoms with Crippen molar-refractivity contribution in [1.82, 2.24) is 9.78 Å². The van der Waals surface area contributed by atoms with Gasteiger partial charge in [0.05, 0.1) is 11.7 Å². The molecule has 0 amide bonds. The number of ether oxygens (including phenoxy) is 2. The molecule has 1 aliphatic rings. The molecule has 0 spiro atoms. The predicted molar refractivity (Wildman–Crippen MR) is 167 cm³/mol. The van der Waals surface area contributed by atoms with Crippen molar-refractivity contribution < 1.29 is 23.8 Å². The number of halogens is 2. The fourth-order valence-corrected chi connectivity index (χ4v) is 6.18. The molecule has 1 saturated heterocycles. The van der Waals surface area contributed by atoms with Crippen molar-refractivity contribution in [2.75, 3.05) is 6.61 Å². The number of aliphatic hydroxyl groups is 1. The van der Waals surface area contributed by atoms with Crippen LogP contribution in [0.5, 0.6) is 0 Å². The van der Waals surface area contributed by atoms with Crippen molar-refractivity contribution in [2.24, 2.45) is 0 Å². The molecule has 1 N–H and O–H groups in total. The van der Waals surface area contributed by atoms with Gasteiger partial charge in [-0.25, -0.2) is 13.9 Å². The van der Waals surface area contributed by atoms with Crippen LogP contribution in [0.4, 0.5) is 4.39 Å². The van der Waals surface area contributed by atoms with Crippen molar-refractivity contribution in [3.8, 4) is 0 Å². The number of rotatable bonds is 8. The SMILES string of the molecule is CCC(c1ccc(F)cc1Cl)C(O)(c1ccc(/C=C/C(=O)OC(C)(C)C)cc1)c1ccc2c(cnn2C2CCCCO2)c1. The van der Waals surface area contributed by atoms with Crippen molar-refractivity contribution >= 4 is 34.5 Å². The lowest BCUT2D eigenvalue weighted by molar-refractivity contribution is -0.148. The van der Waals surface area contributed by atoms with Gasteiger partial charge in [0.25, 0.3) is 0 Å². The van der Waals surface area contributed by atoms with Crippen LogP contribution in [-0.2, 0) is 19.9 Å². The summed E-state index contributed by atoms with van der Waals surface area (Å²) in [5.74, 6) is -1.37. The molecule has 0 bridgehead atoms.